The van der Waals surface area contributed by atoms with Crippen LogP contribution in [0.25, 0.3) is 0 Å². The molecule has 0 radical (unpaired) electrons. The molecule has 1 aromatic carbocycles. The number of nitrogens with one attached hydrogen (secondary N) is 1. The first-order chi connectivity index (χ1) is 10.5. The minimum absolute atomic E-state index is 0.00623. The molecule has 1 aliphatic rings. The highest BCUT2D eigenvalue weighted by Crippen LogP contribution is 2.26. The maximum absolute atomic E-state index is 12.2. The second-order valence-corrected chi connectivity index (χ2v) is 6.02. The Labute approximate surface area is 138 Å². The Morgan fingerprint density at radius 2 is 1.86 bits per heavy atom. The van der Waals surface area contributed by atoms with E-state index in [1.807, 2.05) is 0 Å². The summed E-state index contributed by atoms with van der Waals surface area (Å²) in [6, 6.07) is 4.77. The Morgan fingerprint density at radius 3 is 2.41 bits per heavy atom. The van der Waals surface area contributed by atoms with Crippen LogP contribution in [0.2, 0.25) is 10.0 Å². The first-order valence-corrected chi connectivity index (χ1v) is 7.79. The van der Waals surface area contributed by atoms with E-state index in [0.717, 1.165) is 0 Å². The van der Waals surface area contributed by atoms with Gasteiger partial charge >= 0.3 is 5.97 Å². The summed E-state index contributed by atoms with van der Waals surface area (Å²) >= 11 is 11.9. The molecule has 2 N–H and O–H groups in total. The van der Waals surface area contributed by atoms with Crippen molar-refractivity contribution < 1.29 is 19.4 Å². The zero-order chi connectivity index (χ0) is 16.1. The van der Waals surface area contributed by atoms with Crippen LogP contribution in [0.15, 0.2) is 18.2 Å². The predicted octanol–water partition coefficient (Wildman–Crippen LogP) is 2.85. The van der Waals surface area contributed by atoms with Crippen LogP contribution in [0, 0.1) is 11.8 Å². The van der Waals surface area contributed by atoms with Crippen LogP contribution in [-0.2, 0) is 9.53 Å². The Morgan fingerprint density at radius 1 is 1.27 bits per heavy atom. The van der Waals surface area contributed by atoms with Crippen LogP contribution in [0.5, 0.6) is 0 Å². The van der Waals surface area contributed by atoms with Gasteiger partial charge in [-0.2, -0.15) is 0 Å². The molecular formula is C15H17Cl2NO4. The first-order valence-electron chi connectivity index (χ1n) is 7.03. The van der Waals surface area contributed by atoms with Crippen LogP contribution in [0.1, 0.15) is 23.2 Å². The Bertz CT molecular complexity index is 538. The highest BCUT2D eigenvalue weighted by atomic mass is 35.5. The molecule has 22 heavy (non-hydrogen) atoms. The van der Waals surface area contributed by atoms with E-state index in [9.17, 15) is 14.7 Å². The van der Waals surface area contributed by atoms with Crippen molar-refractivity contribution in [3.05, 3.63) is 33.8 Å². The molecule has 0 spiro atoms. The third kappa shape index (κ3) is 4.12. The number of aliphatic carboxylic acids is 1. The van der Waals surface area contributed by atoms with Gasteiger partial charge in [0.1, 0.15) is 0 Å². The molecule has 0 aromatic heterocycles. The molecule has 1 saturated heterocycles. The summed E-state index contributed by atoms with van der Waals surface area (Å²) in [5.74, 6) is -2.03. The number of amides is 1. The summed E-state index contributed by atoms with van der Waals surface area (Å²) in [6.07, 6.45) is 1.36. The third-order valence-corrected chi connectivity index (χ3v) is 4.45. The molecule has 2 rings (SSSR count). The quantitative estimate of drug-likeness (QED) is 0.860. The lowest BCUT2D eigenvalue weighted by Gasteiger charge is -2.27. The second kappa shape index (κ2) is 7.81. The molecular weight excluding hydrogens is 329 g/mol. The number of hydrogen-bond acceptors (Lipinski definition) is 3. The fourth-order valence-electron chi connectivity index (χ4n) is 2.58. The van der Waals surface area contributed by atoms with Gasteiger partial charge in [-0.25, -0.2) is 0 Å². The van der Waals surface area contributed by atoms with Crippen LogP contribution in [0.3, 0.4) is 0 Å². The van der Waals surface area contributed by atoms with Gasteiger partial charge in [0.2, 0.25) is 0 Å². The zero-order valence-corrected chi connectivity index (χ0v) is 13.4. The van der Waals surface area contributed by atoms with Crippen LogP contribution < -0.4 is 5.32 Å². The maximum Gasteiger partial charge on any atom is 0.308 e. The molecule has 0 bridgehead atoms. The van der Waals surface area contributed by atoms with Gasteiger partial charge in [0.25, 0.3) is 5.91 Å². The van der Waals surface area contributed by atoms with Crippen LogP contribution in [-0.4, -0.2) is 36.7 Å². The average Bonchev–Trinajstić information content (AvgIpc) is 2.48. The van der Waals surface area contributed by atoms with Gasteiger partial charge in [0, 0.05) is 19.8 Å². The van der Waals surface area contributed by atoms with E-state index in [4.69, 9.17) is 27.9 Å². The van der Waals surface area contributed by atoms with Gasteiger partial charge in [-0.05, 0) is 30.9 Å². The summed E-state index contributed by atoms with van der Waals surface area (Å²) in [5, 5.41) is 12.5. The van der Waals surface area contributed by atoms with E-state index in [0.29, 0.717) is 26.1 Å². The largest absolute Gasteiger partial charge is 0.481 e. The van der Waals surface area contributed by atoms with Gasteiger partial charge < -0.3 is 15.2 Å². The fraction of sp³-hybridized carbons (Fsp3) is 0.467. The van der Waals surface area contributed by atoms with Gasteiger partial charge in [-0.1, -0.05) is 29.3 Å². The number of benzene rings is 1. The molecule has 120 valence electrons. The molecule has 1 fully saturated rings. The smallest absolute Gasteiger partial charge is 0.308 e. The molecule has 0 aliphatic carbocycles. The normalized spacial score (nSPS) is 17.0. The molecule has 1 unspecified atom stereocenters. The third-order valence-electron chi connectivity index (χ3n) is 3.82. The van der Waals surface area contributed by atoms with Crippen molar-refractivity contribution in [2.45, 2.75) is 12.8 Å². The van der Waals surface area contributed by atoms with E-state index in [1.54, 1.807) is 18.2 Å². The van der Waals surface area contributed by atoms with Crippen molar-refractivity contribution >= 4 is 35.1 Å². The zero-order valence-electron chi connectivity index (χ0n) is 11.9. The number of rotatable bonds is 5. The molecule has 5 nitrogen and oxygen atoms in total. The molecule has 7 heteroatoms. The van der Waals surface area contributed by atoms with Crippen molar-refractivity contribution in [1.82, 2.24) is 5.32 Å². The second-order valence-electron chi connectivity index (χ2n) is 5.20. The lowest BCUT2D eigenvalue weighted by Crippen LogP contribution is -2.39. The molecule has 1 atom stereocenters. The summed E-state index contributed by atoms with van der Waals surface area (Å²) in [6.45, 7) is 1.15. The van der Waals surface area contributed by atoms with Crippen molar-refractivity contribution in [1.29, 1.82) is 0 Å². The molecule has 1 heterocycles. The summed E-state index contributed by atoms with van der Waals surface area (Å²) in [4.78, 5) is 23.6. The maximum atomic E-state index is 12.2. The van der Waals surface area contributed by atoms with E-state index in [2.05, 4.69) is 5.32 Å². The van der Waals surface area contributed by atoms with Gasteiger partial charge in [0.15, 0.2) is 0 Å². The van der Waals surface area contributed by atoms with Gasteiger partial charge in [-0.3, -0.25) is 9.59 Å². The highest BCUT2D eigenvalue weighted by Gasteiger charge is 2.30. The van der Waals surface area contributed by atoms with Crippen molar-refractivity contribution in [2.75, 3.05) is 19.8 Å². The van der Waals surface area contributed by atoms with Crippen LogP contribution >= 0.6 is 23.2 Å². The average molecular weight is 346 g/mol. The standard InChI is InChI=1S/C15H17Cl2NO4/c16-11-2-1-3-12(17)13(11)14(19)18-8-10(15(20)21)9-4-6-22-7-5-9/h1-3,9-10H,4-8H2,(H,18,19)(H,20,21). The number of ether oxygens (including phenoxy) is 1. The lowest BCUT2D eigenvalue weighted by atomic mass is 9.86. The molecule has 1 aliphatic heterocycles. The molecule has 1 aromatic rings. The Kier molecular flexibility index (Phi) is 6.06. The monoisotopic (exact) mass is 345 g/mol. The summed E-state index contributed by atoms with van der Waals surface area (Å²) in [7, 11) is 0. The number of hydrogen-bond donors (Lipinski definition) is 2. The van der Waals surface area contributed by atoms with Crippen LogP contribution in [0.4, 0.5) is 0 Å². The van der Waals surface area contributed by atoms with E-state index in [1.165, 1.54) is 0 Å². The van der Waals surface area contributed by atoms with Crippen molar-refractivity contribution in [2.24, 2.45) is 11.8 Å². The minimum Gasteiger partial charge on any atom is -0.481 e. The van der Waals surface area contributed by atoms with E-state index in [-0.39, 0.29) is 28.1 Å². The van der Waals surface area contributed by atoms with Gasteiger partial charge in [-0.15, -0.1) is 0 Å². The Hall–Kier alpha value is -1.30. The van der Waals surface area contributed by atoms with Crippen molar-refractivity contribution in [3.63, 3.8) is 0 Å². The number of halogens is 2. The number of carbonyl (C=O) groups excluding carboxylic acids is 1. The summed E-state index contributed by atoms with van der Waals surface area (Å²) in [5.41, 5.74) is 0.168. The Balaban J connectivity index is 2.03. The minimum atomic E-state index is -0.919. The fourth-order valence-corrected chi connectivity index (χ4v) is 3.15. The number of carboxylic acids is 1. The lowest BCUT2D eigenvalue weighted by molar-refractivity contribution is -0.144. The molecule has 0 saturated carbocycles. The summed E-state index contributed by atoms with van der Waals surface area (Å²) < 4.78 is 5.24. The SMILES string of the molecule is O=C(NCC(C(=O)O)C1CCOCC1)c1c(Cl)cccc1Cl. The molecule has 1 amide bonds. The first kappa shape index (κ1) is 17.1. The van der Waals surface area contributed by atoms with Crippen molar-refractivity contribution in [3.8, 4) is 0 Å². The predicted molar refractivity (Wildman–Crippen MR) is 83.5 cm³/mol. The van der Waals surface area contributed by atoms with Gasteiger partial charge in [0.05, 0.1) is 21.5 Å². The van der Waals surface area contributed by atoms with E-state index >= 15 is 0 Å². The van der Waals surface area contributed by atoms with E-state index < -0.39 is 17.8 Å². The highest BCUT2D eigenvalue weighted by molar-refractivity contribution is 6.39. The number of carboxylic acid groups (broad SMARTS) is 1. The number of carbonyl (C=O) groups is 2. The topological polar surface area (TPSA) is 75.6 Å².